The molecule has 0 aliphatic heterocycles. The van der Waals surface area contributed by atoms with Gasteiger partial charge in [-0.15, -0.1) is 0 Å². The maximum absolute atomic E-state index is 6.12. The van der Waals surface area contributed by atoms with Crippen LogP contribution in [0.25, 0.3) is 21.5 Å². The lowest BCUT2D eigenvalue weighted by Gasteiger charge is -2.11. The van der Waals surface area contributed by atoms with Crippen molar-refractivity contribution in [2.24, 2.45) is 0 Å². The third-order valence-corrected chi connectivity index (χ3v) is 3.38. The van der Waals surface area contributed by atoms with E-state index in [0.717, 1.165) is 12.1 Å². The van der Waals surface area contributed by atoms with Gasteiger partial charge in [0.15, 0.2) is 0 Å². The summed E-state index contributed by atoms with van der Waals surface area (Å²) in [7, 11) is 0. The van der Waals surface area contributed by atoms with E-state index in [1.54, 1.807) is 0 Å². The predicted octanol–water partition coefficient (Wildman–Crippen LogP) is 4.14. The summed E-state index contributed by atoms with van der Waals surface area (Å²) in [5, 5.41) is 5.07. The molecule has 0 heterocycles. The predicted molar refractivity (Wildman–Crippen MR) is 75.2 cm³/mol. The molecule has 3 aromatic carbocycles. The number of fused-ring (bicyclic) bond motifs is 2. The maximum atomic E-state index is 6.12. The quantitative estimate of drug-likeness (QED) is 0.485. The van der Waals surface area contributed by atoms with Gasteiger partial charge in [-0.05, 0) is 40.3 Å². The van der Waals surface area contributed by atoms with Gasteiger partial charge >= 0.3 is 0 Å². The number of nitrogens with two attached hydrogens (primary N) is 1. The molecule has 0 amide bonds. The highest BCUT2D eigenvalue weighted by Gasteiger charge is 2.07. The molecule has 0 aliphatic rings. The minimum absolute atomic E-state index is 0.880. The van der Waals surface area contributed by atoms with Crippen LogP contribution < -0.4 is 5.73 Å². The summed E-state index contributed by atoms with van der Waals surface area (Å²) in [4.78, 5) is 0. The lowest BCUT2D eigenvalue weighted by atomic mass is 9.94. The van der Waals surface area contributed by atoms with Crippen molar-refractivity contribution in [1.29, 1.82) is 0 Å². The Labute approximate surface area is 101 Å². The average molecular weight is 221 g/mol. The standard InChI is InChI=1S/C16H15N/c1-2-13-14-8-4-3-6-11(14)10-12-7-5-9-15(17)16(12)13/h3-10H,2,17H2,1H3. The molecule has 17 heavy (non-hydrogen) atoms. The molecule has 0 fully saturated rings. The fourth-order valence-electron chi connectivity index (χ4n) is 2.62. The van der Waals surface area contributed by atoms with E-state index >= 15 is 0 Å². The Morgan fingerprint density at radius 2 is 1.71 bits per heavy atom. The highest BCUT2D eigenvalue weighted by Crippen LogP contribution is 2.32. The molecule has 3 aromatic rings. The van der Waals surface area contributed by atoms with Gasteiger partial charge in [0.1, 0.15) is 0 Å². The molecule has 0 saturated heterocycles. The normalized spacial score (nSPS) is 11.1. The largest absolute Gasteiger partial charge is 0.398 e. The highest BCUT2D eigenvalue weighted by atomic mass is 14.6. The van der Waals surface area contributed by atoms with E-state index in [1.807, 2.05) is 12.1 Å². The van der Waals surface area contributed by atoms with E-state index in [2.05, 4.69) is 43.3 Å². The lowest BCUT2D eigenvalue weighted by molar-refractivity contribution is 1.18. The fraction of sp³-hybridized carbons (Fsp3) is 0.125. The van der Waals surface area contributed by atoms with Gasteiger partial charge in [-0.2, -0.15) is 0 Å². The van der Waals surface area contributed by atoms with E-state index in [9.17, 15) is 0 Å². The van der Waals surface area contributed by atoms with Crippen molar-refractivity contribution in [2.75, 3.05) is 5.73 Å². The molecule has 0 aliphatic carbocycles. The lowest BCUT2D eigenvalue weighted by Crippen LogP contribution is -1.93. The SMILES string of the molecule is CCc1c2ccccc2cc2cccc(N)c12. The zero-order valence-corrected chi connectivity index (χ0v) is 9.90. The molecule has 0 unspecified atom stereocenters. The Hall–Kier alpha value is -2.02. The van der Waals surface area contributed by atoms with Crippen LogP contribution in [0, 0.1) is 0 Å². The number of rotatable bonds is 1. The zero-order valence-electron chi connectivity index (χ0n) is 9.90. The van der Waals surface area contributed by atoms with Crippen molar-refractivity contribution in [3.8, 4) is 0 Å². The smallest absolute Gasteiger partial charge is 0.0396 e. The van der Waals surface area contributed by atoms with Crippen LogP contribution in [0.15, 0.2) is 48.5 Å². The first-order valence-corrected chi connectivity index (χ1v) is 6.00. The fourth-order valence-corrected chi connectivity index (χ4v) is 2.62. The minimum Gasteiger partial charge on any atom is -0.398 e. The first-order chi connectivity index (χ1) is 8.31. The summed E-state index contributed by atoms with van der Waals surface area (Å²) >= 11 is 0. The van der Waals surface area contributed by atoms with Gasteiger partial charge in [0.2, 0.25) is 0 Å². The molecule has 0 radical (unpaired) electrons. The number of nitrogen functional groups attached to an aromatic ring is 1. The molecule has 84 valence electrons. The van der Waals surface area contributed by atoms with Crippen LogP contribution >= 0.6 is 0 Å². The summed E-state index contributed by atoms with van der Waals surface area (Å²) in [6.07, 6.45) is 1.01. The molecule has 0 aromatic heterocycles. The van der Waals surface area contributed by atoms with Crippen molar-refractivity contribution in [1.82, 2.24) is 0 Å². The summed E-state index contributed by atoms with van der Waals surface area (Å²) in [5.41, 5.74) is 8.36. The number of hydrogen-bond donors (Lipinski definition) is 1. The van der Waals surface area contributed by atoms with Gasteiger partial charge in [0.05, 0.1) is 0 Å². The Bertz CT molecular complexity index is 698. The first-order valence-electron chi connectivity index (χ1n) is 6.00. The third kappa shape index (κ3) is 1.47. The van der Waals surface area contributed by atoms with Crippen LogP contribution in [0.1, 0.15) is 12.5 Å². The second-order valence-electron chi connectivity index (χ2n) is 4.38. The van der Waals surface area contributed by atoms with Crippen LogP contribution in [0.5, 0.6) is 0 Å². The summed E-state index contributed by atoms with van der Waals surface area (Å²) in [6.45, 7) is 2.19. The van der Waals surface area contributed by atoms with Crippen LogP contribution in [-0.2, 0) is 6.42 Å². The van der Waals surface area contributed by atoms with Crippen LogP contribution in [-0.4, -0.2) is 0 Å². The zero-order chi connectivity index (χ0) is 11.8. The van der Waals surface area contributed by atoms with Crippen molar-refractivity contribution in [2.45, 2.75) is 13.3 Å². The van der Waals surface area contributed by atoms with Gasteiger partial charge < -0.3 is 5.73 Å². The molecule has 1 heteroatoms. The second kappa shape index (κ2) is 3.77. The van der Waals surface area contributed by atoms with E-state index in [1.165, 1.54) is 27.1 Å². The maximum Gasteiger partial charge on any atom is 0.0396 e. The van der Waals surface area contributed by atoms with Crippen molar-refractivity contribution in [3.63, 3.8) is 0 Å². The van der Waals surface area contributed by atoms with Crippen LogP contribution in [0.2, 0.25) is 0 Å². The Balaban J connectivity index is 2.59. The second-order valence-corrected chi connectivity index (χ2v) is 4.38. The Morgan fingerprint density at radius 1 is 0.941 bits per heavy atom. The molecule has 0 atom stereocenters. The molecule has 2 N–H and O–H groups in total. The van der Waals surface area contributed by atoms with E-state index in [0.29, 0.717) is 0 Å². The van der Waals surface area contributed by atoms with E-state index in [-0.39, 0.29) is 0 Å². The molecule has 0 spiro atoms. The summed E-state index contributed by atoms with van der Waals surface area (Å²) in [5.74, 6) is 0. The minimum atomic E-state index is 0.880. The number of aryl methyl sites for hydroxylation is 1. The third-order valence-electron chi connectivity index (χ3n) is 3.38. The Kier molecular flexibility index (Phi) is 2.25. The van der Waals surface area contributed by atoms with Gasteiger partial charge in [0.25, 0.3) is 0 Å². The summed E-state index contributed by atoms with van der Waals surface area (Å²) in [6, 6.07) is 16.9. The van der Waals surface area contributed by atoms with Crippen LogP contribution in [0.3, 0.4) is 0 Å². The first kappa shape index (κ1) is 10.2. The average Bonchev–Trinajstić information content (AvgIpc) is 2.36. The van der Waals surface area contributed by atoms with Gasteiger partial charge in [-0.3, -0.25) is 0 Å². The monoisotopic (exact) mass is 221 g/mol. The number of anilines is 1. The number of hydrogen-bond acceptors (Lipinski definition) is 1. The molecule has 1 nitrogen and oxygen atoms in total. The molecule has 0 bridgehead atoms. The highest BCUT2D eigenvalue weighted by molar-refractivity contribution is 6.06. The van der Waals surface area contributed by atoms with Crippen LogP contribution in [0.4, 0.5) is 5.69 Å². The molecular weight excluding hydrogens is 206 g/mol. The summed E-state index contributed by atoms with van der Waals surface area (Å²) < 4.78 is 0. The van der Waals surface area contributed by atoms with Gasteiger partial charge in [-0.25, -0.2) is 0 Å². The van der Waals surface area contributed by atoms with Gasteiger partial charge in [0, 0.05) is 11.1 Å². The van der Waals surface area contributed by atoms with Crippen molar-refractivity contribution < 1.29 is 0 Å². The number of benzene rings is 3. The molecular formula is C16H15N. The van der Waals surface area contributed by atoms with Crippen molar-refractivity contribution in [3.05, 3.63) is 54.1 Å². The topological polar surface area (TPSA) is 26.0 Å². The van der Waals surface area contributed by atoms with Crippen molar-refractivity contribution >= 4 is 27.2 Å². The van der Waals surface area contributed by atoms with E-state index < -0.39 is 0 Å². The van der Waals surface area contributed by atoms with Gasteiger partial charge in [-0.1, -0.05) is 43.3 Å². The Morgan fingerprint density at radius 3 is 2.53 bits per heavy atom. The molecule has 0 saturated carbocycles. The molecule has 3 rings (SSSR count). The van der Waals surface area contributed by atoms with E-state index in [4.69, 9.17) is 5.73 Å².